The van der Waals surface area contributed by atoms with E-state index in [1.165, 1.54) is 12.7 Å². The first-order valence-corrected chi connectivity index (χ1v) is 13.6. The van der Waals surface area contributed by atoms with Gasteiger partial charge in [0.15, 0.2) is 11.5 Å². The molecule has 1 saturated heterocycles. The zero-order valence-corrected chi connectivity index (χ0v) is 23.5. The number of pyridine rings is 1. The van der Waals surface area contributed by atoms with E-state index in [9.17, 15) is 9.90 Å². The van der Waals surface area contributed by atoms with Crippen molar-refractivity contribution in [2.24, 2.45) is 5.41 Å². The summed E-state index contributed by atoms with van der Waals surface area (Å²) < 4.78 is 9.62. The highest BCUT2D eigenvalue weighted by atomic mass is 16.5. The number of aromatic nitrogens is 6. The number of hydrogen-bond acceptors (Lipinski definition) is 8. The van der Waals surface area contributed by atoms with Gasteiger partial charge in [0, 0.05) is 43.8 Å². The summed E-state index contributed by atoms with van der Waals surface area (Å²) in [5.41, 5.74) is 4.10. The Bertz CT molecular complexity index is 1720. The summed E-state index contributed by atoms with van der Waals surface area (Å²) in [6.07, 6.45) is 6.62. The van der Waals surface area contributed by atoms with Crippen LogP contribution in [0.2, 0.25) is 0 Å². The predicted octanol–water partition coefficient (Wildman–Crippen LogP) is 5.22. The molecule has 1 aliphatic heterocycles. The highest BCUT2D eigenvalue weighted by molar-refractivity contribution is 5.86. The third-order valence-electron chi connectivity index (χ3n) is 7.53. The quantitative estimate of drug-likeness (QED) is 0.300. The van der Waals surface area contributed by atoms with Crippen LogP contribution in [0, 0.1) is 12.3 Å². The fourth-order valence-electron chi connectivity index (χ4n) is 5.43. The molecule has 5 aromatic rings. The zero-order valence-electron chi connectivity index (χ0n) is 23.5. The Morgan fingerprint density at radius 1 is 1.02 bits per heavy atom. The summed E-state index contributed by atoms with van der Waals surface area (Å²) in [5.74, 6) is 2.07. The van der Waals surface area contributed by atoms with Crippen LogP contribution in [-0.2, 0) is 0 Å². The normalized spacial score (nSPS) is 16.2. The van der Waals surface area contributed by atoms with Gasteiger partial charge >= 0.3 is 6.09 Å². The fourth-order valence-corrected chi connectivity index (χ4v) is 5.43. The third-order valence-corrected chi connectivity index (χ3v) is 7.53. The first-order valence-electron chi connectivity index (χ1n) is 13.6. The molecule has 1 fully saturated rings. The van der Waals surface area contributed by atoms with E-state index in [2.05, 4.69) is 51.2 Å². The standard InChI is InChI=1S/C29H33N9O3/c1-19-14-20(6-7-23(19)41-21-8-12-37-25(15-21)30-17-32-37)34-27-26-22(9-13-38(26)33-18-31-27)35-10-5-11-36(28(39)40)24(16-35)29(2,3)4/h6-9,12-15,17-18,24H,5,10-11,16H2,1-4H3,(H,39,40)(H,31,33,34). The molecule has 4 aromatic heterocycles. The van der Waals surface area contributed by atoms with Crippen molar-refractivity contribution in [3.63, 3.8) is 0 Å². The van der Waals surface area contributed by atoms with Crippen LogP contribution in [0.1, 0.15) is 32.8 Å². The van der Waals surface area contributed by atoms with Gasteiger partial charge in [0.1, 0.15) is 29.7 Å². The van der Waals surface area contributed by atoms with Gasteiger partial charge in [-0.1, -0.05) is 20.8 Å². The number of carbonyl (C=O) groups is 1. The number of carboxylic acid groups (broad SMARTS) is 1. The molecule has 5 heterocycles. The van der Waals surface area contributed by atoms with Crippen LogP contribution >= 0.6 is 0 Å². The molecular formula is C29H33N9O3. The second kappa shape index (κ2) is 10.3. The first-order chi connectivity index (χ1) is 19.7. The highest BCUT2D eigenvalue weighted by Gasteiger charge is 2.37. The van der Waals surface area contributed by atoms with Crippen molar-refractivity contribution >= 4 is 34.4 Å². The lowest BCUT2D eigenvalue weighted by atomic mass is 9.85. The van der Waals surface area contributed by atoms with Crippen molar-refractivity contribution in [3.05, 3.63) is 67.0 Å². The number of anilines is 3. The fraction of sp³-hybridized carbons (Fsp3) is 0.345. The largest absolute Gasteiger partial charge is 0.465 e. The van der Waals surface area contributed by atoms with E-state index in [1.807, 2.05) is 60.2 Å². The number of amides is 1. The van der Waals surface area contributed by atoms with Gasteiger partial charge < -0.3 is 25.0 Å². The van der Waals surface area contributed by atoms with Crippen LogP contribution in [-0.4, -0.2) is 71.0 Å². The predicted molar refractivity (Wildman–Crippen MR) is 155 cm³/mol. The Hall–Kier alpha value is -4.87. The number of nitrogens with zero attached hydrogens (tertiary/aromatic N) is 8. The highest BCUT2D eigenvalue weighted by Crippen LogP contribution is 2.35. The van der Waals surface area contributed by atoms with Crippen LogP contribution in [0.4, 0.5) is 22.0 Å². The van der Waals surface area contributed by atoms with E-state index >= 15 is 0 Å². The average Bonchev–Trinajstić information content (AvgIpc) is 3.51. The van der Waals surface area contributed by atoms with E-state index in [-0.39, 0.29) is 11.5 Å². The molecule has 212 valence electrons. The molecule has 0 aliphatic carbocycles. The maximum Gasteiger partial charge on any atom is 0.407 e. The van der Waals surface area contributed by atoms with Crippen LogP contribution in [0.5, 0.6) is 11.5 Å². The van der Waals surface area contributed by atoms with E-state index in [4.69, 9.17) is 4.74 Å². The second-order valence-electron chi connectivity index (χ2n) is 11.4. The molecule has 0 saturated carbocycles. The van der Waals surface area contributed by atoms with Crippen LogP contribution < -0.4 is 15.0 Å². The molecule has 12 nitrogen and oxygen atoms in total. The molecule has 2 N–H and O–H groups in total. The van der Waals surface area contributed by atoms with Crippen molar-refractivity contribution in [2.75, 3.05) is 29.9 Å². The average molecular weight is 556 g/mol. The minimum atomic E-state index is -0.874. The monoisotopic (exact) mass is 555 g/mol. The number of fused-ring (bicyclic) bond motifs is 2. The number of nitrogens with one attached hydrogen (secondary N) is 1. The molecule has 0 spiro atoms. The minimum absolute atomic E-state index is 0.167. The maximum absolute atomic E-state index is 12.1. The Kier molecular flexibility index (Phi) is 6.60. The molecule has 0 bridgehead atoms. The third kappa shape index (κ3) is 5.20. The van der Waals surface area contributed by atoms with Crippen molar-refractivity contribution in [2.45, 2.75) is 40.2 Å². The molecule has 6 rings (SSSR count). The summed E-state index contributed by atoms with van der Waals surface area (Å²) in [7, 11) is 0. The van der Waals surface area contributed by atoms with Crippen LogP contribution in [0.3, 0.4) is 0 Å². The summed E-state index contributed by atoms with van der Waals surface area (Å²) in [6.45, 7) is 10.1. The van der Waals surface area contributed by atoms with Crippen molar-refractivity contribution < 1.29 is 14.6 Å². The summed E-state index contributed by atoms with van der Waals surface area (Å²) in [5, 5.41) is 21.9. The lowest BCUT2D eigenvalue weighted by Gasteiger charge is -2.39. The van der Waals surface area contributed by atoms with Crippen molar-refractivity contribution in [3.8, 4) is 11.5 Å². The molecule has 1 atom stereocenters. The van der Waals surface area contributed by atoms with Gasteiger partial charge in [0.25, 0.3) is 0 Å². The summed E-state index contributed by atoms with van der Waals surface area (Å²) >= 11 is 0. The van der Waals surface area contributed by atoms with E-state index < -0.39 is 6.09 Å². The van der Waals surface area contributed by atoms with Gasteiger partial charge in [0.05, 0.1) is 11.7 Å². The van der Waals surface area contributed by atoms with E-state index in [1.54, 1.807) is 9.42 Å². The van der Waals surface area contributed by atoms with Gasteiger partial charge in [-0.2, -0.15) is 10.2 Å². The van der Waals surface area contributed by atoms with Gasteiger partial charge in [-0.05, 0) is 54.7 Å². The lowest BCUT2D eigenvalue weighted by molar-refractivity contribution is 0.0902. The smallest absolute Gasteiger partial charge is 0.407 e. The van der Waals surface area contributed by atoms with Gasteiger partial charge in [-0.25, -0.2) is 23.8 Å². The Morgan fingerprint density at radius 3 is 2.59 bits per heavy atom. The Labute approximate surface area is 237 Å². The lowest BCUT2D eigenvalue weighted by Crippen LogP contribution is -2.51. The minimum Gasteiger partial charge on any atom is -0.465 e. The number of hydrogen-bond donors (Lipinski definition) is 2. The first kappa shape index (κ1) is 26.4. The summed E-state index contributed by atoms with van der Waals surface area (Å²) in [6, 6.07) is 11.4. The van der Waals surface area contributed by atoms with Crippen LogP contribution in [0.15, 0.2) is 61.4 Å². The number of ether oxygens (including phenoxy) is 1. The molecule has 12 heteroatoms. The van der Waals surface area contributed by atoms with E-state index in [0.717, 1.165) is 41.2 Å². The molecule has 1 aromatic carbocycles. The molecule has 41 heavy (non-hydrogen) atoms. The molecule has 1 unspecified atom stereocenters. The topological polar surface area (TPSA) is 125 Å². The number of benzene rings is 1. The Morgan fingerprint density at radius 2 is 1.80 bits per heavy atom. The Balaban J connectivity index is 1.27. The zero-order chi connectivity index (χ0) is 28.7. The molecular weight excluding hydrogens is 522 g/mol. The number of aryl methyl sites for hydroxylation is 1. The molecule has 0 radical (unpaired) electrons. The van der Waals surface area contributed by atoms with Crippen LogP contribution in [0.25, 0.3) is 11.2 Å². The van der Waals surface area contributed by atoms with Crippen molar-refractivity contribution in [1.29, 1.82) is 0 Å². The SMILES string of the molecule is Cc1cc(Nc2ncnn3ccc(N4CCCN(C(=O)O)C(C(C)(C)C)C4)c23)ccc1Oc1ccn2ncnc2c1. The van der Waals surface area contributed by atoms with E-state index in [0.29, 0.717) is 30.3 Å². The molecule has 1 amide bonds. The number of rotatable bonds is 5. The van der Waals surface area contributed by atoms with Crippen molar-refractivity contribution in [1.82, 2.24) is 34.1 Å². The van der Waals surface area contributed by atoms with Gasteiger partial charge in [-0.3, -0.25) is 0 Å². The summed E-state index contributed by atoms with van der Waals surface area (Å²) in [4.78, 5) is 24.7. The molecule has 1 aliphatic rings. The van der Waals surface area contributed by atoms with Gasteiger partial charge in [0.2, 0.25) is 0 Å². The van der Waals surface area contributed by atoms with Gasteiger partial charge in [-0.15, -0.1) is 0 Å². The second-order valence-corrected chi connectivity index (χ2v) is 11.4. The maximum atomic E-state index is 12.1.